The number of amidine groups is 1. The summed E-state index contributed by atoms with van der Waals surface area (Å²) in [6, 6.07) is 11.0. The third-order valence-corrected chi connectivity index (χ3v) is 7.18. The van der Waals surface area contributed by atoms with E-state index in [1.54, 1.807) is 0 Å². The Bertz CT molecular complexity index is 468. The highest BCUT2D eigenvalue weighted by Crippen LogP contribution is 2.46. The van der Waals surface area contributed by atoms with Gasteiger partial charge >= 0.3 is 0 Å². The molecule has 0 N–H and O–H groups in total. The van der Waals surface area contributed by atoms with E-state index in [1.165, 1.54) is 30.8 Å². The van der Waals surface area contributed by atoms with Crippen LogP contribution in [0.25, 0.3) is 0 Å². The molecule has 0 saturated carbocycles. The van der Waals surface area contributed by atoms with Crippen molar-refractivity contribution in [2.75, 3.05) is 25.6 Å². The van der Waals surface area contributed by atoms with Gasteiger partial charge in [0.2, 0.25) is 0 Å². The van der Waals surface area contributed by atoms with E-state index in [-0.39, 0.29) is 4.08 Å². The van der Waals surface area contributed by atoms with Crippen LogP contribution in [0.1, 0.15) is 24.4 Å². The molecule has 2 aliphatic heterocycles. The molecule has 0 amide bonds. The molecule has 1 aromatic rings. The molecule has 19 heavy (non-hydrogen) atoms. The maximum atomic E-state index is 5.08. The largest absolute Gasteiger partial charge is 0.356 e. The minimum Gasteiger partial charge on any atom is -0.356 e. The van der Waals surface area contributed by atoms with Crippen LogP contribution in [0, 0.1) is 0 Å². The van der Waals surface area contributed by atoms with Crippen LogP contribution in [-0.2, 0) is 0 Å². The maximum Gasteiger partial charge on any atom is 0.126 e. The lowest BCUT2D eigenvalue weighted by atomic mass is 10.1. The van der Waals surface area contributed by atoms with Crippen molar-refractivity contribution in [3.63, 3.8) is 0 Å². The number of fused-ring (bicyclic) bond motifs is 1. The normalized spacial score (nSPS) is 25.1. The second kappa shape index (κ2) is 5.41. The van der Waals surface area contributed by atoms with Gasteiger partial charge in [-0.15, -0.1) is 23.5 Å². The van der Waals surface area contributed by atoms with Gasteiger partial charge in [-0.2, -0.15) is 0 Å². The molecule has 4 heteroatoms. The highest BCUT2D eigenvalue weighted by Gasteiger charge is 2.44. The smallest absolute Gasteiger partial charge is 0.126 e. The Morgan fingerprint density at radius 1 is 1.21 bits per heavy atom. The minimum absolute atomic E-state index is 0.182. The van der Waals surface area contributed by atoms with Crippen LogP contribution in [0.3, 0.4) is 0 Å². The van der Waals surface area contributed by atoms with Crippen LogP contribution in [0.4, 0.5) is 0 Å². The van der Waals surface area contributed by atoms with Crippen molar-refractivity contribution in [2.45, 2.75) is 23.0 Å². The van der Waals surface area contributed by atoms with Crippen LogP contribution < -0.4 is 0 Å². The van der Waals surface area contributed by atoms with Crippen LogP contribution in [0.2, 0.25) is 0 Å². The zero-order chi connectivity index (χ0) is 13.3. The summed E-state index contributed by atoms with van der Waals surface area (Å²) in [5, 5.41) is 0. The number of nitrogens with zero attached hydrogens (tertiary/aromatic N) is 2. The van der Waals surface area contributed by atoms with Gasteiger partial charge in [0, 0.05) is 13.1 Å². The second-order valence-corrected chi connectivity index (χ2v) is 7.56. The van der Waals surface area contributed by atoms with Crippen LogP contribution in [0.15, 0.2) is 35.3 Å². The number of benzene rings is 1. The van der Waals surface area contributed by atoms with E-state index < -0.39 is 0 Å². The van der Waals surface area contributed by atoms with E-state index in [9.17, 15) is 0 Å². The second-order valence-electron chi connectivity index (χ2n) is 5.09. The first kappa shape index (κ1) is 13.4. The van der Waals surface area contributed by atoms with Crippen LogP contribution in [-0.4, -0.2) is 40.4 Å². The summed E-state index contributed by atoms with van der Waals surface area (Å²) in [6.45, 7) is 2.23. The third kappa shape index (κ3) is 2.29. The number of rotatable bonds is 3. The lowest BCUT2D eigenvalue weighted by Gasteiger charge is -2.40. The Morgan fingerprint density at radius 3 is 2.63 bits per heavy atom. The van der Waals surface area contributed by atoms with Crippen LogP contribution >= 0.6 is 23.5 Å². The summed E-state index contributed by atoms with van der Waals surface area (Å²) >= 11 is 3.91. The number of piperidine rings is 1. The molecule has 1 saturated heterocycles. The highest BCUT2D eigenvalue weighted by atomic mass is 32.2. The summed E-state index contributed by atoms with van der Waals surface area (Å²) in [4.78, 5) is 7.58. The Labute approximate surface area is 124 Å². The summed E-state index contributed by atoms with van der Waals surface area (Å²) in [5.74, 6) is 1.33. The van der Waals surface area contributed by atoms with Crippen molar-refractivity contribution >= 4 is 29.4 Å². The van der Waals surface area contributed by atoms with Gasteiger partial charge in [-0.05, 0) is 30.9 Å². The fourth-order valence-electron chi connectivity index (χ4n) is 3.04. The van der Waals surface area contributed by atoms with Crippen molar-refractivity contribution in [3.05, 3.63) is 35.9 Å². The zero-order valence-corrected chi connectivity index (χ0v) is 13.1. The zero-order valence-electron chi connectivity index (χ0n) is 11.5. The molecule has 2 aliphatic rings. The summed E-state index contributed by atoms with van der Waals surface area (Å²) in [5.41, 5.74) is 1.35. The number of aliphatic imine (C=N–C) groups is 1. The molecule has 102 valence electrons. The molecular formula is C15H20N2S2. The van der Waals surface area contributed by atoms with Gasteiger partial charge in [0.1, 0.15) is 9.91 Å². The first-order valence-corrected chi connectivity index (χ1v) is 9.22. The van der Waals surface area contributed by atoms with E-state index in [2.05, 4.69) is 47.7 Å². The predicted molar refractivity (Wildman–Crippen MR) is 87.2 cm³/mol. The molecule has 2 heterocycles. The van der Waals surface area contributed by atoms with Crippen molar-refractivity contribution < 1.29 is 0 Å². The quantitative estimate of drug-likeness (QED) is 0.791. The minimum atomic E-state index is 0.182. The average Bonchev–Trinajstić information content (AvgIpc) is 2.92. The molecule has 1 atom stereocenters. The molecule has 0 aromatic heterocycles. The number of thioether (sulfide) groups is 2. The molecule has 0 spiro atoms. The summed E-state index contributed by atoms with van der Waals surface area (Å²) < 4.78 is 0.182. The molecular weight excluding hydrogens is 272 g/mol. The van der Waals surface area contributed by atoms with Gasteiger partial charge in [-0.25, -0.2) is 0 Å². The van der Waals surface area contributed by atoms with Gasteiger partial charge in [0.15, 0.2) is 0 Å². The average molecular weight is 292 g/mol. The monoisotopic (exact) mass is 292 g/mol. The molecule has 0 aliphatic carbocycles. The highest BCUT2D eigenvalue weighted by molar-refractivity contribution is 8.18. The summed E-state index contributed by atoms with van der Waals surface area (Å²) in [6.07, 6.45) is 6.96. The topological polar surface area (TPSA) is 15.6 Å². The van der Waals surface area contributed by atoms with E-state index in [0.29, 0.717) is 6.04 Å². The Hall–Kier alpha value is -0.610. The molecule has 2 nitrogen and oxygen atoms in total. The Balaban J connectivity index is 1.92. The molecule has 0 bridgehead atoms. The van der Waals surface area contributed by atoms with Crippen molar-refractivity contribution in [1.82, 2.24) is 4.90 Å². The SMILES string of the molecule is CSC1(SC)CCCN2CC(c3ccccc3)N=C21. The van der Waals surface area contributed by atoms with Crippen molar-refractivity contribution in [1.29, 1.82) is 0 Å². The third-order valence-electron chi connectivity index (χ3n) is 4.09. The van der Waals surface area contributed by atoms with Crippen LogP contribution in [0.5, 0.6) is 0 Å². The van der Waals surface area contributed by atoms with Gasteiger partial charge < -0.3 is 4.90 Å². The molecule has 0 radical (unpaired) electrons. The Kier molecular flexibility index (Phi) is 3.81. The number of hydrogen-bond donors (Lipinski definition) is 0. The molecule has 1 aromatic carbocycles. The molecule has 1 fully saturated rings. The van der Waals surface area contributed by atoms with Gasteiger partial charge in [0.25, 0.3) is 0 Å². The first-order valence-electron chi connectivity index (χ1n) is 6.77. The number of hydrogen-bond acceptors (Lipinski definition) is 4. The van der Waals surface area contributed by atoms with Gasteiger partial charge in [-0.1, -0.05) is 30.3 Å². The van der Waals surface area contributed by atoms with Crippen molar-refractivity contribution in [2.24, 2.45) is 4.99 Å². The fourth-order valence-corrected chi connectivity index (χ4v) is 5.13. The van der Waals surface area contributed by atoms with Crippen molar-refractivity contribution in [3.8, 4) is 0 Å². The lowest BCUT2D eigenvalue weighted by Crippen LogP contribution is -2.47. The maximum absolute atomic E-state index is 5.08. The van der Waals surface area contributed by atoms with E-state index in [0.717, 1.165) is 6.54 Å². The first-order chi connectivity index (χ1) is 9.29. The van der Waals surface area contributed by atoms with Gasteiger partial charge in [-0.3, -0.25) is 4.99 Å². The Morgan fingerprint density at radius 2 is 1.95 bits per heavy atom. The van der Waals surface area contributed by atoms with E-state index in [1.807, 2.05) is 23.5 Å². The van der Waals surface area contributed by atoms with E-state index in [4.69, 9.17) is 4.99 Å². The molecule has 3 rings (SSSR count). The predicted octanol–water partition coefficient (Wildman–Crippen LogP) is 3.66. The fraction of sp³-hybridized carbons (Fsp3) is 0.533. The lowest BCUT2D eigenvalue weighted by molar-refractivity contribution is 0.381. The summed E-state index contributed by atoms with van der Waals surface area (Å²) in [7, 11) is 0. The standard InChI is InChI=1S/C15H20N2S2/c1-18-15(19-2)9-6-10-17-11-13(16-14(15)17)12-7-4-3-5-8-12/h3-5,7-8,13H,6,9-11H2,1-2H3. The van der Waals surface area contributed by atoms with Gasteiger partial charge in [0.05, 0.1) is 6.04 Å². The molecule has 1 unspecified atom stereocenters. The van der Waals surface area contributed by atoms with E-state index >= 15 is 0 Å².